The topological polar surface area (TPSA) is 88.1 Å². The zero-order chi connectivity index (χ0) is 21.1. The van der Waals surface area contributed by atoms with Crippen LogP contribution >= 0.6 is 11.8 Å². The van der Waals surface area contributed by atoms with E-state index in [1.807, 2.05) is 24.5 Å². The van der Waals surface area contributed by atoms with Crippen LogP contribution in [0.25, 0.3) is 11.5 Å². The van der Waals surface area contributed by atoms with Crippen molar-refractivity contribution in [1.29, 1.82) is 0 Å². The van der Waals surface area contributed by atoms with Crippen molar-refractivity contribution in [3.63, 3.8) is 0 Å². The Bertz CT molecular complexity index is 976. The first-order valence-corrected chi connectivity index (χ1v) is 11.4. The minimum Gasteiger partial charge on any atom is -0.497 e. The monoisotopic (exact) mass is 427 g/mol. The fraction of sp³-hybridized carbons (Fsp3) is 0.500. The van der Waals surface area contributed by atoms with Gasteiger partial charge in [-0.25, -0.2) is 15.0 Å². The highest BCUT2D eigenvalue weighted by molar-refractivity contribution is 7.99. The molecule has 8 heteroatoms. The summed E-state index contributed by atoms with van der Waals surface area (Å²) in [7, 11) is 3.30. The highest BCUT2D eigenvalue weighted by Gasteiger charge is 2.29. The van der Waals surface area contributed by atoms with E-state index in [0.29, 0.717) is 28.6 Å². The molecule has 0 spiro atoms. The predicted octanol–water partition coefficient (Wildman–Crippen LogP) is 5.06. The molecule has 2 atom stereocenters. The van der Waals surface area contributed by atoms with E-state index in [2.05, 4.69) is 16.5 Å². The van der Waals surface area contributed by atoms with Crippen molar-refractivity contribution in [2.45, 2.75) is 61.5 Å². The standard InChI is InChI=1S/C22H29N5O2S/c1-4-14-8-6-5-7-9-16(14)27-13-24-20(23)19-21(27)26-22(25-19)30-18-12-15(28-2)10-11-17(18)29-3/h10-14,16H,4-9,23H2,1-3H3. The lowest BCUT2D eigenvalue weighted by molar-refractivity contribution is 0.299. The number of nitrogen functional groups attached to an aromatic ring is 1. The van der Waals surface area contributed by atoms with Crippen LogP contribution in [0.3, 0.4) is 0 Å². The van der Waals surface area contributed by atoms with Gasteiger partial charge in [0, 0.05) is 6.04 Å². The molecule has 3 aliphatic rings. The Balaban J connectivity index is 1.73. The second-order valence-corrected chi connectivity index (χ2v) is 8.72. The highest BCUT2D eigenvalue weighted by atomic mass is 32.2. The number of aromatic nitrogens is 4. The number of methoxy groups -OCH3 is 2. The second kappa shape index (κ2) is 9.12. The van der Waals surface area contributed by atoms with E-state index in [9.17, 15) is 0 Å². The van der Waals surface area contributed by atoms with Gasteiger partial charge in [-0.3, -0.25) is 0 Å². The number of ether oxygens (including phenoxy) is 2. The molecule has 1 fully saturated rings. The van der Waals surface area contributed by atoms with Gasteiger partial charge in [-0.1, -0.05) is 32.6 Å². The fourth-order valence-corrected chi connectivity index (χ4v) is 5.26. The van der Waals surface area contributed by atoms with Crippen LogP contribution in [-0.2, 0) is 0 Å². The Kier molecular flexibility index (Phi) is 6.32. The first-order valence-electron chi connectivity index (χ1n) is 10.5. The van der Waals surface area contributed by atoms with E-state index in [1.54, 1.807) is 14.2 Å². The van der Waals surface area contributed by atoms with Crippen molar-refractivity contribution in [1.82, 2.24) is 19.5 Å². The van der Waals surface area contributed by atoms with Gasteiger partial charge < -0.3 is 19.8 Å². The average molecular weight is 428 g/mol. The van der Waals surface area contributed by atoms with Crippen LogP contribution in [0.2, 0.25) is 0 Å². The molecule has 2 N–H and O–H groups in total. The molecule has 0 radical (unpaired) electrons. The third-order valence-electron chi connectivity index (χ3n) is 6.00. The molecular formula is C22H29N5O2S. The summed E-state index contributed by atoms with van der Waals surface area (Å²) in [6.07, 6.45) is 9.22. The quantitative estimate of drug-likeness (QED) is 0.550. The smallest absolute Gasteiger partial charge is 0.195 e. The predicted molar refractivity (Wildman–Crippen MR) is 118 cm³/mol. The molecule has 1 aromatic carbocycles. The second-order valence-electron chi connectivity index (χ2n) is 7.71. The lowest BCUT2D eigenvalue weighted by atomic mass is 9.92. The van der Waals surface area contributed by atoms with E-state index < -0.39 is 0 Å². The average Bonchev–Trinajstić information content (AvgIpc) is 3.05. The Labute approximate surface area is 181 Å². The molecule has 1 aliphatic carbocycles. The van der Waals surface area contributed by atoms with Crippen LogP contribution in [-0.4, -0.2) is 33.7 Å². The molecule has 1 saturated carbocycles. The van der Waals surface area contributed by atoms with Gasteiger partial charge in [0.15, 0.2) is 22.5 Å². The van der Waals surface area contributed by atoms with Crippen LogP contribution in [0.15, 0.2) is 34.6 Å². The number of anilines is 1. The van der Waals surface area contributed by atoms with Crippen LogP contribution in [0.5, 0.6) is 11.5 Å². The fourth-order valence-electron chi connectivity index (χ4n) is 4.36. The molecule has 2 heterocycles. The number of imidazole rings is 1. The van der Waals surface area contributed by atoms with Crippen LogP contribution in [0.1, 0.15) is 51.5 Å². The van der Waals surface area contributed by atoms with E-state index in [-0.39, 0.29) is 0 Å². The van der Waals surface area contributed by atoms with Crippen molar-refractivity contribution in [2.75, 3.05) is 20.0 Å². The minimum absolute atomic E-state index is 0.383. The van der Waals surface area contributed by atoms with E-state index in [0.717, 1.165) is 35.1 Å². The van der Waals surface area contributed by atoms with E-state index >= 15 is 0 Å². The zero-order valence-corrected chi connectivity index (χ0v) is 18.6. The summed E-state index contributed by atoms with van der Waals surface area (Å²) in [5.74, 6) is 3.37. The molecule has 0 saturated heterocycles. The number of fused-ring (bicyclic) bond motifs is 1. The summed E-state index contributed by atoms with van der Waals surface area (Å²) in [5.41, 5.74) is 6.85. The number of rotatable bonds is 6. The maximum absolute atomic E-state index is 6.18. The van der Waals surface area contributed by atoms with Gasteiger partial charge in [0.2, 0.25) is 0 Å². The normalized spacial score (nSPS) is 19.6. The molecule has 0 bridgehead atoms. The number of hydrogen-bond donors (Lipinski definition) is 1. The van der Waals surface area contributed by atoms with Gasteiger partial charge >= 0.3 is 0 Å². The maximum atomic E-state index is 6.18. The van der Waals surface area contributed by atoms with Gasteiger partial charge in [-0.2, -0.15) is 0 Å². The van der Waals surface area contributed by atoms with Crippen molar-refractivity contribution < 1.29 is 9.47 Å². The molecule has 1 aromatic rings. The molecule has 2 unspecified atom stereocenters. The van der Waals surface area contributed by atoms with Crippen molar-refractivity contribution in [2.24, 2.45) is 5.92 Å². The Morgan fingerprint density at radius 2 is 1.97 bits per heavy atom. The number of nitrogens with zero attached hydrogens (tertiary/aromatic N) is 4. The molecule has 4 rings (SSSR count). The Morgan fingerprint density at radius 3 is 2.73 bits per heavy atom. The summed E-state index contributed by atoms with van der Waals surface area (Å²) in [6.45, 7) is 2.28. The first-order chi connectivity index (χ1) is 14.6. The number of benzene rings is 1. The highest BCUT2D eigenvalue weighted by Crippen LogP contribution is 2.41. The lowest BCUT2D eigenvalue weighted by Gasteiger charge is -2.28. The van der Waals surface area contributed by atoms with Crippen molar-refractivity contribution in [3.05, 3.63) is 24.5 Å². The first kappa shape index (κ1) is 20.8. The Hall–Kier alpha value is -2.48. The van der Waals surface area contributed by atoms with Gasteiger partial charge in [0.05, 0.1) is 25.4 Å². The summed E-state index contributed by atoms with van der Waals surface area (Å²) in [5, 5.41) is 0.631. The lowest BCUT2D eigenvalue weighted by Crippen LogP contribution is -2.21. The summed E-state index contributed by atoms with van der Waals surface area (Å²) >= 11 is 1.44. The van der Waals surface area contributed by atoms with Crippen LogP contribution in [0.4, 0.5) is 5.82 Å². The summed E-state index contributed by atoms with van der Waals surface area (Å²) in [6, 6.07) is 6.07. The molecule has 7 nitrogen and oxygen atoms in total. The van der Waals surface area contributed by atoms with Crippen LogP contribution < -0.4 is 15.2 Å². The van der Waals surface area contributed by atoms with Gasteiger partial charge in [-0.15, -0.1) is 0 Å². The molecular weight excluding hydrogens is 398 g/mol. The molecule has 30 heavy (non-hydrogen) atoms. The molecule has 0 amide bonds. The SMILES string of the molecule is CCC1CCCCCC1n1cnc(N)c2nc(Sc3cc(OC)ccc3OC)nc1-2. The van der Waals surface area contributed by atoms with E-state index in [1.165, 1.54) is 37.4 Å². The van der Waals surface area contributed by atoms with Gasteiger partial charge in [0.1, 0.15) is 11.5 Å². The summed E-state index contributed by atoms with van der Waals surface area (Å²) in [4.78, 5) is 14.9. The van der Waals surface area contributed by atoms with E-state index in [4.69, 9.17) is 25.2 Å². The number of nitrogens with two attached hydrogens (primary N) is 1. The van der Waals surface area contributed by atoms with Crippen molar-refractivity contribution in [3.8, 4) is 23.0 Å². The summed E-state index contributed by atoms with van der Waals surface area (Å²) < 4.78 is 13.1. The van der Waals surface area contributed by atoms with Gasteiger partial charge in [-0.05, 0) is 48.7 Å². The maximum Gasteiger partial charge on any atom is 0.195 e. The largest absolute Gasteiger partial charge is 0.497 e. The molecule has 2 aliphatic heterocycles. The third-order valence-corrected chi connectivity index (χ3v) is 6.91. The third kappa shape index (κ3) is 4.05. The molecule has 0 aromatic heterocycles. The van der Waals surface area contributed by atoms with Crippen molar-refractivity contribution >= 4 is 17.6 Å². The number of hydrogen-bond acceptors (Lipinski definition) is 7. The zero-order valence-electron chi connectivity index (χ0n) is 17.8. The van der Waals surface area contributed by atoms with Crippen LogP contribution in [0, 0.1) is 5.92 Å². The van der Waals surface area contributed by atoms with Gasteiger partial charge in [0.25, 0.3) is 0 Å². The minimum atomic E-state index is 0.383. The Morgan fingerprint density at radius 1 is 1.13 bits per heavy atom. The molecule has 160 valence electrons.